The van der Waals surface area contributed by atoms with Crippen molar-refractivity contribution >= 4 is 23.3 Å². The maximum Gasteiger partial charge on any atom is 0.226 e. The number of nitrogens with two attached hydrogens (primary N) is 1. The molecule has 0 radical (unpaired) electrons. The maximum atomic E-state index is 12.3. The van der Waals surface area contributed by atoms with Crippen molar-refractivity contribution in [2.24, 2.45) is 0 Å². The van der Waals surface area contributed by atoms with E-state index in [9.17, 15) is 9.59 Å². The molecule has 1 aromatic carbocycles. The molecule has 6 nitrogen and oxygen atoms in total. The predicted molar refractivity (Wildman–Crippen MR) is 106 cm³/mol. The van der Waals surface area contributed by atoms with Crippen molar-refractivity contribution in [2.45, 2.75) is 32.1 Å². The summed E-state index contributed by atoms with van der Waals surface area (Å²) < 4.78 is 0. The summed E-state index contributed by atoms with van der Waals surface area (Å²) in [5.74, 6) is 1.13. The summed E-state index contributed by atoms with van der Waals surface area (Å²) in [7, 11) is 1.79. The third-order valence-corrected chi connectivity index (χ3v) is 5.14. The topological polar surface area (TPSA) is 79.5 Å². The number of benzene rings is 1. The Labute approximate surface area is 160 Å². The lowest BCUT2D eigenvalue weighted by atomic mass is 9.91. The van der Waals surface area contributed by atoms with Gasteiger partial charge in [-0.3, -0.25) is 9.59 Å². The van der Waals surface area contributed by atoms with E-state index in [0.29, 0.717) is 31.0 Å². The highest BCUT2D eigenvalue weighted by Gasteiger charge is 2.31. The Hall–Kier alpha value is -2.89. The number of aryl methyl sites for hydroxylation is 1. The van der Waals surface area contributed by atoms with Gasteiger partial charge >= 0.3 is 0 Å². The van der Waals surface area contributed by atoms with Gasteiger partial charge in [0, 0.05) is 50.8 Å². The highest BCUT2D eigenvalue weighted by Crippen LogP contribution is 2.29. The molecule has 27 heavy (non-hydrogen) atoms. The van der Waals surface area contributed by atoms with Crippen LogP contribution in [0, 0.1) is 0 Å². The van der Waals surface area contributed by atoms with Crippen LogP contribution in [0.4, 0.5) is 11.5 Å². The van der Waals surface area contributed by atoms with E-state index >= 15 is 0 Å². The Morgan fingerprint density at radius 1 is 1.19 bits per heavy atom. The van der Waals surface area contributed by atoms with Gasteiger partial charge in [0.25, 0.3) is 0 Å². The summed E-state index contributed by atoms with van der Waals surface area (Å²) in [6.45, 7) is 3.36. The van der Waals surface area contributed by atoms with Crippen LogP contribution in [0.2, 0.25) is 0 Å². The Morgan fingerprint density at radius 3 is 2.48 bits per heavy atom. The first-order valence-corrected chi connectivity index (χ1v) is 9.32. The summed E-state index contributed by atoms with van der Waals surface area (Å²) >= 11 is 0. The average Bonchev–Trinajstić information content (AvgIpc) is 2.65. The molecule has 142 valence electrons. The van der Waals surface area contributed by atoms with Crippen LogP contribution in [0.25, 0.3) is 0 Å². The van der Waals surface area contributed by atoms with Crippen LogP contribution >= 0.6 is 0 Å². The third-order valence-electron chi connectivity index (χ3n) is 5.14. The normalized spacial score (nSPS) is 13.9. The minimum atomic E-state index is 0.0967. The molecule has 0 spiro atoms. The van der Waals surface area contributed by atoms with Gasteiger partial charge in [0.1, 0.15) is 5.82 Å². The third kappa shape index (κ3) is 4.45. The summed E-state index contributed by atoms with van der Waals surface area (Å²) in [4.78, 5) is 31.7. The number of nitrogen functional groups attached to an aromatic ring is 1. The zero-order valence-corrected chi connectivity index (χ0v) is 15.9. The number of amides is 2. The second-order valence-corrected chi connectivity index (χ2v) is 6.98. The van der Waals surface area contributed by atoms with Gasteiger partial charge in [-0.25, -0.2) is 4.98 Å². The number of hydrogen-bond acceptors (Lipinski definition) is 4. The van der Waals surface area contributed by atoms with E-state index in [1.807, 2.05) is 30.0 Å². The highest BCUT2D eigenvalue weighted by atomic mass is 16.2. The van der Waals surface area contributed by atoms with Gasteiger partial charge in [-0.15, -0.1) is 0 Å². The lowest BCUT2D eigenvalue weighted by Crippen LogP contribution is -2.48. The van der Waals surface area contributed by atoms with E-state index in [1.165, 1.54) is 5.56 Å². The molecule has 6 heteroatoms. The van der Waals surface area contributed by atoms with E-state index in [-0.39, 0.29) is 11.8 Å². The van der Waals surface area contributed by atoms with Crippen LogP contribution in [0.1, 0.15) is 36.8 Å². The number of carbonyl (C=O) groups is 2. The smallest absolute Gasteiger partial charge is 0.226 e. The van der Waals surface area contributed by atoms with Crippen molar-refractivity contribution in [1.29, 1.82) is 0 Å². The van der Waals surface area contributed by atoms with E-state index in [4.69, 9.17) is 5.73 Å². The maximum absolute atomic E-state index is 12.3. The second kappa shape index (κ2) is 8.20. The monoisotopic (exact) mass is 366 g/mol. The molecule has 0 unspecified atom stereocenters. The lowest BCUT2D eigenvalue weighted by molar-refractivity contribution is -0.135. The number of hydrogen-bond donors (Lipinski definition) is 1. The first-order valence-electron chi connectivity index (χ1n) is 9.32. The van der Waals surface area contributed by atoms with Crippen molar-refractivity contribution in [2.75, 3.05) is 30.8 Å². The Bertz CT molecular complexity index is 796. The van der Waals surface area contributed by atoms with Gasteiger partial charge in [0.05, 0.1) is 0 Å². The zero-order valence-electron chi connectivity index (χ0n) is 15.9. The molecule has 2 amide bonds. The molecule has 2 aromatic rings. The van der Waals surface area contributed by atoms with E-state index in [1.54, 1.807) is 24.2 Å². The highest BCUT2D eigenvalue weighted by molar-refractivity contribution is 5.92. The summed E-state index contributed by atoms with van der Waals surface area (Å²) in [5.41, 5.74) is 8.71. The quantitative estimate of drug-likeness (QED) is 0.852. The molecular formula is C21H26N4O2. The first-order chi connectivity index (χ1) is 13.0. The second-order valence-electron chi connectivity index (χ2n) is 6.98. The van der Waals surface area contributed by atoms with E-state index in [2.05, 4.69) is 17.1 Å². The van der Waals surface area contributed by atoms with Crippen LogP contribution in [-0.2, 0) is 16.0 Å². The molecule has 0 bridgehead atoms. The molecule has 0 saturated carbocycles. The number of carbonyl (C=O) groups excluding carboxylic acids is 2. The fourth-order valence-corrected chi connectivity index (χ4v) is 3.24. The standard InChI is InChI=1S/C21H26N4O2/c1-3-20(26)24(2)18-8-6-16(7-9-18)17-13-25(14-17)21(27)11-5-15-4-10-19(22)23-12-15/h4,6-10,12,17H,3,5,11,13-14H2,1-2H3,(H2,22,23). The van der Waals surface area contributed by atoms with Gasteiger partial charge in [0.15, 0.2) is 0 Å². The van der Waals surface area contributed by atoms with Crippen LogP contribution in [0.15, 0.2) is 42.6 Å². The van der Waals surface area contributed by atoms with Crippen molar-refractivity contribution in [3.63, 3.8) is 0 Å². The molecular weight excluding hydrogens is 340 g/mol. The predicted octanol–water partition coefficient (Wildman–Crippen LogP) is 2.60. The fraction of sp³-hybridized carbons (Fsp3) is 0.381. The minimum Gasteiger partial charge on any atom is -0.384 e. The van der Waals surface area contributed by atoms with Crippen LogP contribution < -0.4 is 10.6 Å². The zero-order chi connectivity index (χ0) is 19.4. The van der Waals surface area contributed by atoms with Crippen molar-refractivity contribution in [3.05, 3.63) is 53.7 Å². The summed E-state index contributed by atoms with van der Waals surface area (Å²) in [6.07, 6.45) is 3.38. The first kappa shape index (κ1) is 18.9. The van der Waals surface area contributed by atoms with Crippen LogP contribution in [0.5, 0.6) is 0 Å². The molecule has 2 heterocycles. The van der Waals surface area contributed by atoms with Crippen molar-refractivity contribution in [3.8, 4) is 0 Å². The lowest BCUT2D eigenvalue weighted by Gasteiger charge is -2.40. The van der Waals surface area contributed by atoms with Gasteiger partial charge in [-0.2, -0.15) is 0 Å². The molecule has 1 aromatic heterocycles. The summed E-state index contributed by atoms with van der Waals surface area (Å²) in [5, 5.41) is 0. The van der Waals surface area contributed by atoms with Gasteiger partial charge in [0.2, 0.25) is 11.8 Å². The largest absolute Gasteiger partial charge is 0.384 e. The van der Waals surface area contributed by atoms with Gasteiger partial charge in [-0.05, 0) is 35.7 Å². The molecule has 3 rings (SSSR count). The Morgan fingerprint density at radius 2 is 1.89 bits per heavy atom. The Balaban J connectivity index is 1.48. The van der Waals surface area contributed by atoms with Crippen LogP contribution in [0.3, 0.4) is 0 Å². The molecule has 0 aliphatic carbocycles. The Kier molecular flexibility index (Phi) is 5.74. The molecule has 0 atom stereocenters. The van der Waals surface area contributed by atoms with E-state index < -0.39 is 0 Å². The fourth-order valence-electron chi connectivity index (χ4n) is 3.24. The molecule has 1 aliphatic rings. The minimum absolute atomic E-state index is 0.0967. The van der Waals surface area contributed by atoms with Crippen molar-refractivity contribution in [1.82, 2.24) is 9.88 Å². The average molecular weight is 366 g/mol. The van der Waals surface area contributed by atoms with Gasteiger partial charge < -0.3 is 15.5 Å². The number of aromatic nitrogens is 1. The SMILES string of the molecule is CCC(=O)N(C)c1ccc(C2CN(C(=O)CCc3ccc(N)nc3)C2)cc1. The van der Waals surface area contributed by atoms with Gasteiger partial charge in [-0.1, -0.05) is 25.1 Å². The molecule has 1 aliphatic heterocycles. The summed E-state index contributed by atoms with van der Waals surface area (Å²) in [6, 6.07) is 11.7. The van der Waals surface area contributed by atoms with Crippen molar-refractivity contribution < 1.29 is 9.59 Å². The van der Waals surface area contributed by atoms with Crippen LogP contribution in [-0.4, -0.2) is 41.8 Å². The number of pyridine rings is 1. The molecule has 1 fully saturated rings. The number of nitrogens with zero attached hydrogens (tertiary/aromatic N) is 3. The van der Waals surface area contributed by atoms with E-state index in [0.717, 1.165) is 24.3 Å². The number of likely N-dealkylation sites (tertiary alicyclic amines) is 1. The number of anilines is 2. The molecule has 2 N–H and O–H groups in total. The number of rotatable bonds is 6. The molecule has 1 saturated heterocycles.